The van der Waals surface area contributed by atoms with Crippen LogP contribution < -0.4 is 9.47 Å². The third kappa shape index (κ3) is 4.12. The van der Waals surface area contributed by atoms with Crippen molar-refractivity contribution < 1.29 is 14.3 Å². The van der Waals surface area contributed by atoms with E-state index in [9.17, 15) is 4.79 Å². The van der Waals surface area contributed by atoms with Gasteiger partial charge in [-0.05, 0) is 42.8 Å². The van der Waals surface area contributed by atoms with Crippen LogP contribution in [0.4, 0.5) is 0 Å². The van der Waals surface area contributed by atoms with Crippen molar-refractivity contribution >= 4 is 5.91 Å². The van der Waals surface area contributed by atoms with Crippen LogP contribution in [0, 0.1) is 11.3 Å². The van der Waals surface area contributed by atoms with Crippen molar-refractivity contribution in [3.8, 4) is 17.7 Å². The normalized spacial score (nSPS) is 13.6. The van der Waals surface area contributed by atoms with Gasteiger partial charge in [-0.3, -0.25) is 4.79 Å². The lowest BCUT2D eigenvalue weighted by Gasteiger charge is -2.38. The molecule has 0 bridgehead atoms. The molecule has 2 aromatic rings. The predicted octanol–water partition coefficient (Wildman–Crippen LogP) is 3.04. The lowest BCUT2D eigenvalue weighted by molar-refractivity contribution is 0.0159. The molecular formula is C20H21N3O3. The summed E-state index contributed by atoms with van der Waals surface area (Å²) in [4.78, 5) is 18.3. The van der Waals surface area contributed by atoms with Gasteiger partial charge >= 0.3 is 0 Å². The first-order valence-corrected chi connectivity index (χ1v) is 8.75. The molecule has 1 aromatic carbocycles. The summed E-state index contributed by atoms with van der Waals surface area (Å²) in [5, 5.41) is 9.06. The van der Waals surface area contributed by atoms with E-state index in [-0.39, 0.29) is 12.0 Å². The second kappa shape index (κ2) is 8.34. The number of hydrogen-bond acceptors (Lipinski definition) is 5. The first kappa shape index (κ1) is 17.7. The number of nitrogens with zero attached hydrogens (tertiary/aromatic N) is 3. The van der Waals surface area contributed by atoms with Crippen molar-refractivity contribution in [2.24, 2.45) is 0 Å². The Kier molecular flexibility index (Phi) is 5.69. The van der Waals surface area contributed by atoms with Gasteiger partial charge in [-0.15, -0.1) is 0 Å². The number of benzene rings is 1. The van der Waals surface area contributed by atoms with Gasteiger partial charge in [0.15, 0.2) is 0 Å². The third-order valence-corrected chi connectivity index (χ3v) is 4.17. The largest absolute Gasteiger partial charge is 0.494 e. The van der Waals surface area contributed by atoms with E-state index >= 15 is 0 Å². The Morgan fingerprint density at radius 1 is 1.31 bits per heavy atom. The van der Waals surface area contributed by atoms with Crippen LogP contribution in [0.5, 0.6) is 11.6 Å². The number of unbranched alkanes of at least 4 members (excludes halogenated alkanes) is 1. The molecule has 2 heterocycles. The van der Waals surface area contributed by atoms with Crippen LogP contribution in [0.1, 0.15) is 35.7 Å². The molecule has 0 spiro atoms. The zero-order chi connectivity index (χ0) is 18.4. The Hall–Kier alpha value is -3.07. The summed E-state index contributed by atoms with van der Waals surface area (Å²) < 4.78 is 11.3. The summed E-state index contributed by atoms with van der Waals surface area (Å²) in [6.45, 7) is 3.77. The Morgan fingerprint density at radius 2 is 2.08 bits per heavy atom. The van der Waals surface area contributed by atoms with Crippen molar-refractivity contribution in [3.63, 3.8) is 0 Å². The summed E-state index contributed by atoms with van der Waals surface area (Å²) >= 11 is 0. The van der Waals surface area contributed by atoms with Gasteiger partial charge in [-0.2, -0.15) is 5.26 Å². The van der Waals surface area contributed by atoms with Gasteiger partial charge in [0.25, 0.3) is 5.91 Å². The molecule has 0 saturated carbocycles. The second-order valence-electron chi connectivity index (χ2n) is 6.14. The lowest BCUT2D eigenvalue weighted by atomic mass is 10.1. The number of rotatable bonds is 7. The molecule has 1 aliphatic heterocycles. The number of ether oxygens (including phenoxy) is 2. The molecule has 1 fully saturated rings. The summed E-state index contributed by atoms with van der Waals surface area (Å²) in [6.07, 6.45) is 3.54. The number of hydrogen-bond donors (Lipinski definition) is 0. The minimum Gasteiger partial charge on any atom is -0.494 e. The fraction of sp³-hybridized carbons (Fsp3) is 0.350. The van der Waals surface area contributed by atoms with Crippen LogP contribution in [0.15, 0.2) is 42.6 Å². The van der Waals surface area contributed by atoms with Gasteiger partial charge in [0.1, 0.15) is 23.5 Å². The van der Waals surface area contributed by atoms with Gasteiger partial charge < -0.3 is 14.4 Å². The molecule has 1 amide bonds. The average molecular weight is 351 g/mol. The van der Waals surface area contributed by atoms with E-state index in [0.29, 0.717) is 36.7 Å². The number of nitriles is 1. The molecule has 26 heavy (non-hydrogen) atoms. The summed E-state index contributed by atoms with van der Waals surface area (Å²) in [5.74, 6) is 1.06. The lowest BCUT2D eigenvalue weighted by Crippen LogP contribution is -2.56. The van der Waals surface area contributed by atoms with Crippen molar-refractivity contribution in [3.05, 3.63) is 53.7 Å². The fourth-order valence-corrected chi connectivity index (χ4v) is 2.62. The topological polar surface area (TPSA) is 75.4 Å². The minimum absolute atomic E-state index is 0.0357. The van der Waals surface area contributed by atoms with Gasteiger partial charge in [-0.1, -0.05) is 13.3 Å². The number of pyridine rings is 1. The highest BCUT2D eigenvalue weighted by atomic mass is 16.5. The zero-order valence-corrected chi connectivity index (χ0v) is 14.7. The highest BCUT2D eigenvalue weighted by Gasteiger charge is 2.33. The van der Waals surface area contributed by atoms with Crippen molar-refractivity contribution in [1.82, 2.24) is 9.88 Å². The van der Waals surface area contributed by atoms with Crippen molar-refractivity contribution in [1.29, 1.82) is 5.26 Å². The van der Waals surface area contributed by atoms with E-state index in [4.69, 9.17) is 14.7 Å². The Labute approximate surface area is 153 Å². The molecule has 1 aliphatic rings. The molecule has 134 valence electrons. The Morgan fingerprint density at radius 3 is 2.77 bits per heavy atom. The SMILES string of the molecule is CCCCOc1ccc(C(=O)N2CC(Oc3ncccc3C#N)C2)cc1. The first-order valence-electron chi connectivity index (χ1n) is 8.75. The average Bonchev–Trinajstić information content (AvgIpc) is 2.65. The van der Waals surface area contributed by atoms with Gasteiger partial charge in [0.05, 0.1) is 19.7 Å². The van der Waals surface area contributed by atoms with Crippen LogP contribution >= 0.6 is 0 Å². The van der Waals surface area contributed by atoms with Gasteiger partial charge in [-0.25, -0.2) is 4.98 Å². The maximum absolute atomic E-state index is 12.5. The van der Waals surface area contributed by atoms with Gasteiger partial charge in [0.2, 0.25) is 5.88 Å². The molecule has 0 N–H and O–H groups in total. The molecule has 1 saturated heterocycles. The second-order valence-corrected chi connectivity index (χ2v) is 6.14. The van der Waals surface area contributed by atoms with E-state index in [1.807, 2.05) is 12.1 Å². The summed E-state index contributed by atoms with van der Waals surface area (Å²) in [5.41, 5.74) is 1.03. The molecule has 3 rings (SSSR count). The molecule has 6 nitrogen and oxygen atoms in total. The van der Waals surface area contributed by atoms with Crippen LogP contribution in [-0.4, -0.2) is 41.6 Å². The van der Waals surface area contributed by atoms with E-state index in [2.05, 4.69) is 18.0 Å². The molecule has 0 radical (unpaired) electrons. The highest BCUT2D eigenvalue weighted by Crippen LogP contribution is 2.22. The van der Waals surface area contributed by atoms with Gasteiger partial charge in [0, 0.05) is 11.8 Å². The third-order valence-electron chi connectivity index (χ3n) is 4.17. The molecule has 0 atom stereocenters. The van der Waals surface area contributed by atoms with Crippen molar-refractivity contribution in [2.45, 2.75) is 25.9 Å². The molecule has 0 unspecified atom stereocenters. The molecule has 0 aliphatic carbocycles. The molecule has 1 aromatic heterocycles. The van der Waals surface area contributed by atoms with Crippen LogP contribution in [0.25, 0.3) is 0 Å². The first-order chi connectivity index (χ1) is 12.7. The van der Waals surface area contributed by atoms with Crippen molar-refractivity contribution in [2.75, 3.05) is 19.7 Å². The van der Waals surface area contributed by atoms with E-state index < -0.39 is 0 Å². The van der Waals surface area contributed by atoms with E-state index in [0.717, 1.165) is 18.6 Å². The number of carbonyl (C=O) groups excluding carboxylic acids is 1. The summed E-state index contributed by atoms with van der Waals surface area (Å²) in [6, 6.07) is 12.6. The quantitative estimate of drug-likeness (QED) is 0.717. The predicted molar refractivity (Wildman–Crippen MR) is 96.1 cm³/mol. The maximum Gasteiger partial charge on any atom is 0.254 e. The van der Waals surface area contributed by atoms with Crippen LogP contribution in [0.3, 0.4) is 0 Å². The van der Waals surface area contributed by atoms with E-state index in [1.54, 1.807) is 35.4 Å². The van der Waals surface area contributed by atoms with Crippen LogP contribution in [-0.2, 0) is 0 Å². The highest BCUT2D eigenvalue weighted by molar-refractivity contribution is 5.94. The number of carbonyl (C=O) groups is 1. The minimum atomic E-state index is -0.141. The van der Waals surface area contributed by atoms with E-state index in [1.165, 1.54) is 0 Å². The Bertz CT molecular complexity index is 793. The number of likely N-dealkylation sites (tertiary alicyclic amines) is 1. The number of aromatic nitrogens is 1. The van der Waals surface area contributed by atoms with Crippen LogP contribution in [0.2, 0.25) is 0 Å². The monoisotopic (exact) mass is 351 g/mol. The Balaban J connectivity index is 1.51. The standard InChI is InChI=1S/C20H21N3O3/c1-2-3-11-25-17-8-6-15(7-9-17)20(24)23-13-18(14-23)26-19-16(12-21)5-4-10-22-19/h4-10,18H,2-3,11,13-14H2,1H3. The maximum atomic E-state index is 12.5. The smallest absolute Gasteiger partial charge is 0.254 e. The molecule has 6 heteroatoms. The summed E-state index contributed by atoms with van der Waals surface area (Å²) in [7, 11) is 0. The zero-order valence-electron chi connectivity index (χ0n) is 14.7. The molecular weight excluding hydrogens is 330 g/mol. The fourth-order valence-electron chi connectivity index (χ4n) is 2.62. The number of amides is 1.